The van der Waals surface area contributed by atoms with Crippen molar-refractivity contribution in [2.24, 2.45) is 0 Å². The van der Waals surface area contributed by atoms with E-state index in [0.29, 0.717) is 11.5 Å². The molecule has 2 heterocycles. The van der Waals surface area contributed by atoms with Gasteiger partial charge in [-0.05, 0) is 25.5 Å². The minimum atomic E-state index is -2.75. The summed E-state index contributed by atoms with van der Waals surface area (Å²) >= 11 is 1.76. The van der Waals surface area contributed by atoms with E-state index < -0.39 is 9.84 Å². The first-order valence-corrected chi connectivity index (χ1v) is 7.68. The Morgan fingerprint density at radius 2 is 2.33 bits per heavy atom. The van der Waals surface area contributed by atoms with Crippen LogP contribution in [-0.2, 0) is 16.4 Å². The molecule has 1 aliphatic heterocycles. The Morgan fingerprint density at radius 1 is 1.53 bits per heavy atom. The Kier molecular flexibility index (Phi) is 3.13. The fourth-order valence-electron chi connectivity index (χ4n) is 1.78. The van der Waals surface area contributed by atoms with E-state index in [0.717, 1.165) is 13.0 Å². The highest BCUT2D eigenvalue weighted by Crippen LogP contribution is 2.16. The second-order valence-corrected chi connectivity index (χ2v) is 7.59. The summed E-state index contributed by atoms with van der Waals surface area (Å²) in [5.41, 5.74) is 0. The molecule has 0 aromatic carbocycles. The SMILES string of the molecule is Cc1ccc(CN[C@@H]2CCS(=O)(=O)C2)s1. The van der Waals surface area contributed by atoms with Crippen molar-refractivity contribution in [1.82, 2.24) is 5.32 Å². The summed E-state index contributed by atoms with van der Waals surface area (Å²) in [5, 5.41) is 3.30. The van der Waals surface area contributed by atoms with Crippen LogP contribution < -0.4 is 5.32 Å². The lowest BCUT2D eigenvalue weighted by Crippen LogP contribution is -2.29. The van der Waals surface area contributed by atoms with Crippen LogP contribution in [-0.4, -0.2) is 26.0 Å². The van der Waals surface area contributed by atoms with E-state index in [4.69, 9.17) is 0 Å². The van der Waals surface area contributed by atoms with E-state index in [-0.39, 0.29) is 6.04 Å². The van der Waals surface area contributed by atoms with Crippen LogP contribution in [0.15, 0.2) is 12.1 Å². The van der Waals surface area contributed by atoms with Crippen molar-refractivity contribution < 1.29 is 8.42 Å². The molecule has 84 valence electrons. The number of nitrogens with one attached hydrogen (secondary N) is 1. The highest BCUT2D eigenvalue weighted by molar-refractivity contribution is 7.91. The molecule has 1 fully saturated rings. The van der Waals surface area contributed by atoms with Crippen LogP contribution in [0.2, 0.25) is 0 Å². The smallest absolute Gasteiger partial charge is 0.151 e. The lowest BCUT2D eigenvalue weighted by atomic mass is 10.2. The van der Waals surface area contributed by atoms with E-state index in [1.165, 1.54) is 9.75 Å². The van der Waals surface area contributed by atoms with Crippen molar-refractivity contribution in [1.29, 1.82) is 0 Å². The van der Waals surface area contributed by atoms with Gasteiger partial charge in [-0.25, -0.2) is 8.42 Å². The lowest BCUT2D eigenvalue weighted by molar-refractivity contribution is 0.557. The summed E-state index contributed by atoms with van der Waals surface area (Å²) in [7, 11) is -2.75. The van der Waals surface area contributed by atoms with Crippen LogP contribution in [0.3, 0.4) is 0 Å². The molecule has 2 rings (SSSR count). The maximum absolute atomic E-state index is 11.2. The Balaban J connectivity index is 1.85. The molecule has 0 spiro atoms. The summed E-state index contributed by atoms with van der Waals surface area (Å²) in [6.45, 7) is 2.87. The van der Waals surface area contributed by atoms with Gasteiger partial charge in [0.1, 0.15) is 0 Å². The van der Waals surface area contributed by atoms with Crippen LogP contribution in [0.1, 0.15) is 16.2 Å². The molecule has 1 saturated heterocycles. The Bertz CT molecular complexity index is 436. The van der Waals surface area contributed by atoms with Gasteiger partial charge < -0.3 is 5.32 Å². The molecule has 15 heavy (non-hydrogen) atoms. The monoisotopic (exact) mass is 245 g/mol. The molecule has 0 aliphatic carbocycles. The average molecular weight is 245 g/mol. The summed E-state index contributed by atoms with van der Waals surface area (Å²) in [6, 6.07) is 4.33. The van der Waals surface area contributed by atoms with Crippen LogP contribution in [0, 0.1) is 6.92 Å². The van der Waals surface area contributed by atoms with Gasteiger partial charge in [0, 0.05) is 22.3 Å². The van der Waals surface area contributed by atoms with Gasteiger partial charge in [-0.2, -0.15) is 0 Å². The third kappa shape index (κ3) is 3.03. The highest BCUT2D eigenvalue weighted by Gasteiger charge is 2.27. The molecule has 3 nitrogen and oxygen atoms in total. The van der Waals surface area contributed by atoms with Crippen LogP contribution in [0.5, 0.6) is 0 Å². The molecule has 1 aromatic rings. The van der Waals surface area contributed by atoms with Gasteiger partial charge in [0.05, 0.1) is 11.5 Å². The zero-order chi connectivity index (χ0) is 10.9. The predicted molar refractivity (Wildman–Crippen MR) is 63.0 cm³/mol. The number of hydrogen-bond donors (Lipinski definition) is 1. The van der Waals surface area contributed by atoms with Crippen molar-refractivity contribution in [2.75, 3.05) is 11.5 Å². The molecule has 0 bridgehead atoms. The Hall–Kier alpha value is -0.390. The van der Waals surface area contributed by atoms with E-state index in [1.54, 1.807) is 11.3 Å². The molecular formula is C10H15NO2S2. The number of aryl methyl sites for hydroxylation is 1. The lowest BCUT2D eigenvalue weighted by Gasteiger charge is -2.08. The standard InChI is InChI=1S/C10H15NO2S2/c1-8-2-3-10(14-8)6-11-9-4-5-15(12,13)7-9/h2-3,9,11H,4-7H2,1H3/t9-/m1/s1. The van der Waals surface area contributed by atoms with Gasteiger partial charge >= 0.3 is 0 Å². The fourth-order valence-corrected chi connectivity index (χ4v) is 4.33. The number of hydrogen-bond acceptors (Lipinski definition) is 4. The van der Waals surface area contributed by atoms with Crippen LogP contribution in [0.4, 0.5) is 0 Å². The summed E-state index contributed by atoms with van der Waals surface area (Å²) in [5.74, 6) is 0.644. The fraction of sp³-hybridized carbons (Fsp3) is 0.600. The molecule has 1 N–H and O–H groups in total. The Labute approximate surface area is 94.4 Å². The highest BCUT2D eigenvalue weighted by atomic mass is 32.2. The third-order valence-corrected chi connectivity index (χ3v) is 5.36. The number of sulfone groups is 1. The molecule has 1 aliphatic rings. The molecular weight excluding hydrogens is 230 g/mol. The zero-order valence-electron chi connectivity index (χ0n) is 8.69. The molecule has 5 heteroatoms. The molecule has 1 aromatic heterocycles. The first kappa shape index (κ1) is 11.1. The topological polar surface area (TPSA) is 46.2 Å². The van der Waals surface area contributed by atoms with Crippen LogP contribution in [0.25, 0.3) is 0 Å². The zero-order valence-corrected chi connectivity index (χ0v) is 10.3. The average Bonchev–Trinajstić information content (AvgIpc) is 2.69. The van der Waals surface area contributed by atoms with Crippen molar-refractivity contribution in [3.63, 3.8) is 0 Å². The van der Waals surface area contributed by atoms with Gasteiger partial charge in [-0.3, -0.25) is 0 Å². The van der Waals surface area contributed by atoms with Gasteiger partial charge in [0.2, 0.25) is 0 Å². The molecule has 1 atom stereocenters. The third-order valence-electron chi connectivity index (χ3n) is 2.59. The van der Waals surface area contributed by atoms with Crippen molar-refractivity contribution in [3.05, 3.63) is 21.9 Å². The molecule has 0 amide bonds. The minimum Gasteiger partial charge on any atom is -0.308 e. The first-order valence-electron chi connectivity index (χ1n) is 5.04. The largest absolute Gasteiger partial charge is 0.308 e. The normalized spacial score (nSPS) is 24.5. The molecule has 0 radical (unpaired) electrons. The van der Waals surface area contributed by atoms with E-state index >= 15 is 0 Å². The predicted octanol–water partition coefficient (Wildman–Crippen LogP) is 1.33. The van der Waals surface area contributed by atoms with Gasteiger partial charge in [0.25, 0.3) is 0 Å². The van der Waals surface area contributed by atoms with E-state index in [2.05, 4.69) is 24.4 Å². The van der Waals surface area contributed by atoms with Crippen LogP contribution >= 0.6 is 11.3 Å². The van der Waals surface area contributed by atoms with E-state index in [9.17, 15) is 8.42 Å². The van der Waals surface area contributed by atoms with Gasteiger partial charge in [-0.1, -0.05) is 0 Å². The van der Waals surface area contributed by atoms with Gasteiger partial charge in [-0.15, -0.1) is 11.3 Å². The first-order chi connectivity index (χ1) is 7.05. The number of rotatable bonds is 3. The van der Waals surface area contributed by atoms with Crippen molar-refractivity contribution in [3.8, 4) is 0 Å². The van der Waals surface area contributed by atoms with Crippen molar-refractivity contribution >= 4 is 21.2 Å². The summed E-state index contributed by atoms with van der Waals surface area (Å²) < 4.78 is 22.4. The maximum atomic E-state index is 11.2. The van der Waals surface area contributed by atoms with Crippen molar-refractivity contribution in [2.45, 2.75) is 25.9 Å². The summed E-state index contributed by atoms with van der Waals surface area (Å²) in [4.78, 5) is 2.57. The van der Waals surface area contributed by atoms with E-state index in [1.807, 2.05) is 0 Å². The number of thiophene rings is 1. The summed E-state index contributed by atoms with van der Waals surface area (Å²) in [6.07, 6.45) is 0.757. The van der Waals surface area contributed by atoms with Gasteiger partial charge in [0.15, 0.2) is 9.84 Å². The maximum Gasteiger partial charge on any atom is 0.151 e. The second-order valence-electron chi connectivity index (χ2n) is 3.99. The molecule has 0 saturated carbocycles. The molecule has 0 unspecified atom stereocenters. The second kappa shape index (κ2) is 4.23. The Morgan fingerprint density at radius 3 is 2.87 bits per heavy atom. The quantitative estimate of drug-likeness (QED) is 0.874. The minimum absolute atomic E-state index is 0.150.